The van der Waals surface area contributed by atoms with E-state index in [1.165, 1.54) is 12.8 Å². The molecule has 0 radical (unpaired) electrons. The number of ether oxygens (including phenoxy) is 1. The molecule has 0 aliphatic carbocycles. The van der Waals surface area contributed by atoms with Gasteiger partial charge in [0.05, 0.1) is 0 Å². The van der Waals surface area contributed by atoms with Gasteiger partial charge in [0.15, 0.2) is 0 Å². The first-order valence-electron chi connectivity index (χ1n) is 7.45. The number of hydrogen-bond donors (Lipinski definition) is 2. The van der Waals surface area contributed by atoms with E-state index >= 15 is 0 Å². The zero-order chi connectivity index (χ0) is 14.5. The molecular formula is C16H26N2O2. The van der Waals surface area contributed by atoms with Crippen molar-refractivity contribution in [3.63, 3.8) is 0 Å². The SMILES string of the molecule is CC1CCN(CC(O)COc2ccc(N)cc2)C(C)C1. The summed E-state index contributed by atoms with van der Waals surface area (Å²) in [6, 6.07) is 7.80. The Morgan fingerprint density at radius 3 is 2.70 bits per heavy atom. The molecule has 1 aromatic carbocycles. The van der Waals surface area contributed by atoms with Gasteiger partial charge in [-0.3, -0.25) is 4.90 Å². The van der Waals surface area contributed by atoms with Gasteiger partial charge in [0.2, 0.25) is 0 Å². The molecule has 0 spiro atoms. The van der Waals surface area contributed by atoms with E-state index < -0.39 is 6.10 Å². The molecule has 20 heavy (non-hydrogen) atoms. The third kappa shape index (κ3) is 4.39. The summed E-state index contributed by atoms with van der Waals surface area (Å²) in [5, 5.41) is 10.1. The summed E-state index contributed by atoms with van der Waals surface area (Å²) < 4.78 is 5.59. The standard InChI is InChI=1S/C16H26N2O2/c1-12-7-8-18(13(2)9-12)10-15(19)11-20-16-5-3-14(17)4-6-16/h3-6,12-13,15,19H,7-11,17H2,1-2H3. The molecule has 4 heteroatoms. The highest BCUT2D eigenvalue weighted by Gasteiger charge is 2.24. The average Bonchev–Trinajstić information content (AvgIpc) is 2.41. The van der Waals surface area contributed by atoms with Crippen LogP contribution >= 0.6 is 0 Å². The third-order valence-corrected chi connectivity index (χ3v) is 4.04. The molecule has 4 nitrogen and oxygen atoms in total. The van der Waals surface area contributed by atoms with E-state index in [0.717, 1.165) is 18.2 Å². The van der Waals surface area contributed by atoms with Gasteiger partial charge < -0.3 is 15.6 Å². The van der Waals surface area contributed by atoms with Crippen LogP contribution in [0.2, 0.25) is 0 Å². The van der Waals surface area contributed by atoms with Crippen molar-refractivity contribution in [1.82, 2.24) is 4.90 Å². The number of aliphatic hydroxyl groups excluding tert-OH is 1. The van der Waals surface area contributed by atoms with Gasteiger partial charge in [-0.05, 0) is 56.5 Å². The lowest BCUT2D eigenvalue weighted by Gasteiger charge is -2.37. The zero-order valence-corrected chi connectivity index (χ0v) is 12.5. The van der Waals surface area contributed by atoms with Gasteiger partial charge in [-0.1, -0.05) is 6.92 Å². The Balaban J connectivity index is 1.75. The molecule has 3 unspecified atom stereocenters. The van der Waals surface area contributed by atoms with Crippen LogP contribution in [0.15, 0.2) is 24.3 Å². The third-order valence-electron chi connectivity index (χ3n) is 4.04. The summed E-state index contributed by atoms with van der Waals surface area (Å²) in [5.74, 6) is 1.54. The number of likely N-dealkylation sites (tertiary alicyclic amines) is 1. The van der Waals surface area contributed by atoms with Gasteiger partial charge in [0, 0.05) is 18.3 Å². The van der Waals surface area contributed by atoms with E-state index in [0.29, 0.717) is 24.9 Å². The molecule has 1 fully saturated rings. The Hall–Kier alpha value is -1.26. The van der Waals surface area contributed by atoms with Gasteiger partial charge >= 0.3 is 0 Å². The van der Waals surface area contributed by atoms with E-state index in [9.17, 15) is 5.11 Å². The van der Waals surface area contributed by atoms with E-state index in [1.54, 1.807) is 12.1 Å². The summed E-state index contributed by atoms with van der Waals surface area (Å²) in [4.78, 5) is 2.36. The van der Waals surface area contributed by atoms with E-state index in [-0.39, 0.29) is 0 Å². The molecule has 0 amide bonds. The van der Waals surface area contributed by atoms with Gasteiger partial charge in [0.25, 0.3) is 0 Å². The van der Waals surface area contributed by atoms with Crippen LogP contribution in [0.4, 0.5) is 5.69 Å². The molecular weight excluding hydrogens is 252 g/mol. The summed E-state index contributed by atoms with van der Waals surface area (Å²) in [6.45, 7) is 6.62. The summed E-state index contributed by atoms with van der Waals surface area (Å²) >= 11 is 0. The van der Waals surface area contributed by atoms with Crippen LogP contribution in [0.5, 0.6) is 5.75 Å². The second kappa shape index (κ2) is 6.95. The van der Waals surface area contributed by atoms with Crippen molar-refractivity contribution in [2.45, 2.75) is 38.8 Å². The molecule has 0 saturated carbocycles. The molecule has 2 rings (SSSR count). The van der Waals surface area contributed by atoms with Crippen molar-refractivity contribution in [3.05, 3.63) is 24.3 Å². The van der Waals surface area contributed by atoms with Crippen molar-refractivity contribution in [2.75, 3.05) is 25.4 Å². The Labute approximate surface area is 121 Å². The van der Waals surface area contributed by atoms with Crippen molar-refractivity contribution >= 4 is 5.69 Å². The molecule has 1 heterocycles. The first-order chi connectivity index (χ1) is 9.54. The maximum Gasteiger partial charge on any atom is 0.119 e. The van der Waals surface area contributed by atoms with Crippen LogP contribution in [0.1, 0.15) is 26.7 Å². The Morgan fingerprint density at radius 2 is 2.05 bits per heavy atom. The molecule has 112 valence electrons. The highest BCUT2D eigenvalue weighted by Crippen LogP contribution is 2.22. The van der Waals surface area contributed by atoms with Crippen LogP contribution < -0.4 is 10.5 Å². The summed E-state index contributed by atoms with van der Waals surface area (Å²) in [7, 11) is 0. The molecule has 3 N–H and O–H groups in total. The van der Waals surface area contributed by atoms with Crippen molar-refractivity contribution in [2.24, 2.45) is 5.92 Å². The van der Waals surface area contributed by atoms with Gasteiger partial charge in [0.1, 0.15) is 18.5 Å². The first kappa shape index (κ1) is 15.1. The van der Waals surface area contributed by atoms with Crippen LogP contribution in [0.3, 0.4) is 0 Å². The summed E-state index contributed by atoms with van der Waals surface area (Å²) in [6.07, 6.45) is 1.98. The quantitative estimate of drug-likeness (QED) is 0.810. The molecule has 1 aliphatic rings. The minimum atomic E-state index is -0.455. The second-order valence-electron chi connectivity index (χ2n) is 6.01. The molecule has 1 aliphatic heterocycles. The van der Waals surface area contributed by atoms with Crippen molar-refractivity contribution in [1.29, 1.82) is 0 Å². The minimum Gasteiger partial charge on any atom is -0.491 e. The number of piperidine rings is 1. The number of hydrogen-bond acceptors (Lipinski definition) is 4. The van der Waals surface area contributed by atoms with Gasteiger partial charge in [-0.15, -0.1) is 0 Å². The van der Waals surface area contributed by atoms with E-state index in [1.807, 2.05) is 12.1 Å². The highest BCUT2D eigenvalue weighted by molar-refractivity contribution is 5.41. The number of rotatable bonds is 5. The van der Waals surface area contributed by atoms with Crippen LogP contribution in [-0.4, -0.2) is 41.8 Å². The maximum atomic E-state index is 10.1. The molecule has 0 bridgehead atoms. The first-order valence-corrected chi connectivity index (χ1v) is 7.45. The fourth-order valence-corrected chi connectivity index (χ4v) is 2.81. The fraction of sp³-hybridized carbons (Fsp3) is 0.625. The fourth-order valence-electron chi connectivity index (χ4n) is 2.81. The minimum absolute atomic E-state index is 0.322. The monoisotopic (exact) mass is 278 g/mol. The smallest absolute Gasteiger partial charge is 0.119 e. The van der Waals surface area contributed by atoms with Crippen molar-refractivity contribution in [3.8, 4) is 5.75 Å². The topological polar surface area (TPSA) is 58.7 Å². The lowest BCUT2D eigenvalue weighted by Crippen LogP contribution is -2.45. The Morgan fingerprint density at radius 1 is 1.35 bits per heavy atom. The number of nitrogen functional groups attached to an aromatic ring is 1. The number of β-amino-alcohol motifs (C(OH)–C–C–N with tert-alkyl or cyclic N) is 1. The molecule has 0 aromatic heterocycles. The molecule has 3 atom stereocenters. The lowest BCUT2D eigenvalue weighted by atomic mass is 9.93. The van der Waals surface area contributed by atoms with Crippen LogP contribution in [0, 0.1) is 5.92 Å². The predicted molar refractivity (Wildman–Crippen MR) is 81.8 cm³/mol. The number of nitrogens with two attached hydrogens (primary N) is 1. The van der Waals surface area contributed by atoms with E-state index in [4.69, 9.17) is 10.5 Å². The maximum absolute atomic E-state index is 10.1. The normalized spacial score (nSPS) is 25.4. The van der Waals surface area contributed by atoms with Crippen LogP contribution in [0.25, 0.3) is 0 Å². The lowest BCUT2D eigenvalue weighted by molar-refractivity contribution is 0.0354. The number of anilines is 1. The van der Waals surface area contributed by atoms with Crippen LogP contribution in [-0.2, 0) is 0 Å². The second-order valence-corrected chi connectivity index (χ2v) is 6.01. The number of nitrogens with zero attached hydrogens (tertiary/aromatic N) is 1. The Bertz CT molecular complexity index is 407. The predicted octanol–water partition coefficient (Wildman–Crippen LogP) is 2.13. The largest absolute Gasteiger partial charge is 0.491 e. The van der Waals surface area contributed by atoms with E-state index in [2.05, 4.69) is 18.7 Å². The highest BCUT2D eigenvalue weighted by atomic mass is 16.5. The van der Waals surface area contributed by atoms with Gasteiger partial charge in [-0.2, -0.15) is 0 Å². The Kier molecular flexibility index (Phi) is 5.26. The van der Waals surface area contributed by atoms with Gasteiger partial charge in [-0.25, -0.2) is 0 Å². The molecule has 1 aromatic rings. The average molecular weight is 278 g/mol. The number of aliphatic hydroxyl groups is 1. The number of benzene rings is 1. The van der Waals surface area contributed by atoms with Crippen molar-refractivity contribution < 1.29 is 9.84 Å². The molecule has 1 saturated heterocycles. The zero-order valence-electron chi connectivity index (χ0n) is 12.5. The summed E-state index contributed by atoms with van der Waals surface area (Å²) in [5.41, 5.74) is 6.34.